The minimum Gasteiger partial charge on any atom is -0.465 e. The van der Waals surface area contributed by atoms with Crippen LogP contribution in [0.5, 0.6) is 0 Å². The molecular weight excluding hydrogens is 496 g/mol. The van der Waals surface area contributed by atoms with E-state index in [-0.39, 0.29) is 11.9 Å². The number of rotatable bonds is 6. The molecule has 1 aromatic rings. The number of pyridine rings is 1. The van der Waals surface area contributed by atoms with Crippen LogP contribution in [0.25, 0.3) is 0 Å². The number of likely N-dealkylation sites (tertiary alicyclic amines) is 1. The van der Waals surface area contributed by atoms with Crippen LogP contribution < -0.4 is 4.90 Å². The Balaban J connectivity index is 1.02. The molecule has 2 fully saturated rings. The molecule has 1 aromatic heterocycles. The molecule has 2 atom stereocenters. The molecule has 5 aliphatic rings. The van der Waals surface area contributed by atoms with Crippen LogP contribution >= 0.6 is 0 Å². The van der Waals surface area contributed by atoms with Crippen molar-refractivity contribution in [2.75, 3.05) is 44.7 Å². The summed E-state index contributed by atoms with van der Waals surface area (Å²) in [5.41, 5.74) is 2.67. The van der Waals surface area contributed by atoms with E-state index in [1.807, 2.05) is 11.0 Å². The number of carbonyl (C=O) groups excluding carboxylic acids is 2. The largest absolute Gasteiger partial charge is 0.465 e. The number of carbonyl (C=O) groups is 2. The Labute approximate surface area is 228 Å². The first-order valence-electron chi connectivity index (χ1n) is 13.7. The molecule has 2 unspecified atom stereocenters. The monoisotopic (exact) mass is 530 g/mol. The number of nitrogens with zero attached hydrogens (tertiary/aromatic N) is 4. The van der Waals surface area contributed by atoms with E-state index in [1.54, 1.807) is 24.8 Å². The molecule has 9 nitrogen and oxygen atoms in total. The molecule has 2 saturated heterocycles. The van der Waals surface area contributed by atoms with E-state index in [1.165, 1.54) is 7.11 Å². The number of methoxy groups -OCH3 is 1. The van der Waals surface area contributed by atoms with Crippen molar-refractivity contribution < 1.29 is 23.8 Å². The van der Waals surface area contributed by atoms with Gasteiger partial charge in [-0.2, -0.15) is 0 Å². The van der Waals surface area contributed by atoms with Crippen LogP contribution in [0.1, 0.15) is 42.5 Å². The van der Waals surface area contributed by atoms with Crippen molar-refractivity contribution >= 4 is 17.7 Å². The van der Waals surface area contributed by atoms with Crippen LogP contribution in [0.15, 0.2) is 77.8 Å². The van der Waals surface area contributed by atoms with Crippen LogP contribution in [0.3, 0.4) is 0 Å². The Morgan fingerprint density at radius 1 is 1.08 bits per heavy atom. The van der Waals surface area contributed by atoms with Crippen LogP contribution in [0.4, 0.5) is 5.82 Å². The molecule has 6 rings (SSSR count). The van der Waals surface area contributed by atoms with E-state index in [0.29, 0.717) is 37.3 Å². The zero-order valence-electron chi connectivity index (χ0n) is 22.3. The second kappa shape index (κ2) is 11.1. The van der Waals surface area contributed by atoms with E-state index in [2.05, 4.69) is 39.1 Å². The number of fused-ring (bicyclic) bond motifs is 2. The van der Waals surface area contributed by atoms with Gasteiger partial charge >= 0.3 is 5.97 Å². The van der Waals surface area contributed by atoms with Crippen molar-refractivity contribution in [2.45, 2.75) is 44.2 Å². The van der Waals surface area contributed by atoms with Gasteiger partial charge in [-0.05, 0) is 55.4 Å². The van der Waals surface area contributed by atoms with Crippen molar-refractivity contribution in [3.8, 4) is 0 Å². The van der Waals surface area contributed by atoms with E-state index < -0.39 is 0 Å². The Hall–Kier alpha value is -3.85. The van der Waals surface area contributed by atoms with Gasteiger partial charge in [-0.25, -0.2) is 9.78 Å². The zero-order valence-corrected chi connectivity index (χ0v) is 22.3. The number of hydrogen-bond donors (Lipinski definition) is 0. The second-order valence-corrected chi connectivity index (χ2v) is 10.6. The summed E-state index contributed by atoms with van der Waals surface area (Å²) in [7, 11) is 1.37. The third-order valence-electron chi connectivity index (χ3n) is 8.13. The number of amides is 1. The molecule has 204 valence electrons. The van der Waals surface area contributed by atoms with Crippen molar-refractivity contribution in [1.82, 2.24) is 14.8 Å². The Bertz CT molecular complexity index is 1260. The van der Waals surface area contributed by atoms with Crippen LogP contribution in [0, 0.1) is 0 Å². The lowest BCUT2D eigenvalue weighted by molar-refractivity contribution is -0.132. The molecule has 0 saturated carbocycles. The highest BCUT2D eigenvalue weighted by Gasteiger charge is 2.41. The summed E-state index contributed by atoms with van der Waals surface area (Å²) >= 11 is 0. The molecule has 0 N–H and O–H groups in total. The van der Waals surface area contributed by atoms with E-state index in [9.17, 15) is 9.59 Å². The topological polar surface area (TPSA) is 84.4 Å². The number of anilines is 1. The number of ether oxygens (including phenoxy) is 3. The predicted octanol–water partition coefficient (Wildman–Crippen LogP) is 3.69. The molecular formula is C30H34N4O5. The maximum Gasteiger partial charge on any atom is 0.339 e. The molecule has 0 radical (unpaired) electrons. The van der Waals surface area contributed by atoms with Gasteiger partial charge in [-0.15, -0.1) is 0 Å². The standard InChI is InChI=1S/C30H34N4O5/c1-37-30(36)23-7-10-28(31-15-23)34-24-8-9-25(34)17-32(16-24)18-29(35)33-13-11-22(12-14-33)27-20-38-19-26(39-27)21-5-3-2-4-6-21/h2-3,5,7,10-11,15,19-20,24-25H,4,6,8-9,12-14,16-18H2,1H3. The second-order valence-electron chi connectivity index (χ2n) is 10.6. The molecule has 0 aromatic carbocycles. The number of esters is 1. The number of allylic oxidation sites excluding steroid dienone is 5. The quantitative estimate of drug-likeness (QED) is 0.515. The first-order chi connectivity index (χ1) is 19.1. The van der Waals surface area contributed by atoms with Crippen LogP contribution in [-0.2, 0) is 19.0 Å². The van der Waals surface area contributed by atoms with Gasteiger partial charge in [0, 0.05) is 44.5 Å². The van der Waals surface area contributed by atoms with Crippen LogP contribution in [0.2, 0.25) is 0 Å². The average molecular weight is 531 g/mol. The molecule has 5 heterocycles. The summed E-state index contributed by atoms with van der Waals surface area (Å²) in [6.07, 6.45) is 18.1. The molecule has 4 aliphatic heterocycles. The van der Waals surface area contributed by atoms with Gasteiger partial charge in [-0.3, -0.25) is 9.69 Å². The van der Waals surface area contributed by atoms with Crippen LogP contribution in [-0.4, -0.2) is 78.6 Å². The van der Waals surface area contributed by atoms with Gasteiger partial charge in [0.1, 0.15) is 18.3 Å². The minimum atomic E-state index is -0.382. The molecule has 1 amide bonds. The summed E-state index contributed by atoms with van der Waals surface area (Å²) in [6, 6.07) is 4.29. The molecule has 2 bridgehead atoms. The summed E-state index contributed by atoms with van der Waals surface area (Å²) < 4.78 is 16.5. The fourth-order valence-electron chi connectivity index (χ4n) is 6.10. The maximum absolute atomic E-state index is 13.2. The highest BCUT2D eigenvalue weighted by molar-refractivity contribution is 5.89. The Kier molecular flexibility index (Phi) is 7.24. The highest BCUT2D eigenvalue weighted by atomic mass is 16.5. The molecule has 1 aliphatic carbocycles. The minimum absolute atomic E-state index is 0.160. The fourth-order valence-corrected chi connectivity index (χ4v) is 6.10. The summed E-state index contributed by atoms with van der Waals surface area (Å²) in [4.78, 5) is 36.1. The first kappa shape index (κ1) is 25.4. The van der Waals surface area contributed by atoms with Crippen molar-refractivity contribution in [2.24, 2.45) is 0 Å². The lowest BCUT2D eigenvalue weighted by Crippen LogP contribution is -2.56. The first-order valence-corrected chi connectivity index (χ1v) is 13.7. The van der Waals surface area contributed by atoms with Gasteiger partial charge in [0.25, 0.3) is 0 Å². The predicted molar refractivity (Wildman–Crippen MR) is 145 cm³/mol. The third-order valence-corrected chi connectivity index (χ3v) is 8.13. The normalized spacial score (nSPS) is 24.6. The molecule has 0 spiro atoms. The van der Waals surface area contributed by atoms with Crippen molar-refractivity contribution in [3.05, 3.63) is 83.4 Å². The van der Waals surface area contributed by atoms with E-state index >= 15 is 0 Å². The summed E-state index contributed by atoms with van der Waals surface area (Å²) in [5, 5.41) is 0. The van der Waals surface area contributed by atoms with Gasteiger partial charge < -0.3 is 24.0 Å². The Morgan fingerprint density at radius 2 is 1.87 bits per heavy atom. The van der Waals surface area contributed by atoms with E-state index in [4.69, 9.17) is 14.2 Å². The Morgan fingerprint density at radius 3 is 2.51 bits per heavy atom. The molecule has 39 heavy (non-hydrogen) atoms. The average Bonchev–Trinajstić information content (AvgIpc) is 3.27. The zero-order chi connectivity index (χ0) is 26.8. The van der Waals surface area contributed by atoms with Gasteiger partial charge in [0.2, 0.25) is 5.91 Å². The van der Waals surface area contributed by atoms with E-state index in [0.717, 1.165) is 73.7 Å². The smallest absolute Gasteiger partial charge is 0.339 e. The van der Waals surface area contributed by atoms with Gasteiger partial charge in [0.05, 0.1) is 19.2 Å². The SMILES string of the molecule is COC(=O)c1ccc(N2C3CCC2CN(CC(=O)N2CC=C(C4=COC=C(C5=CC=CCC5)O4)CC2)C3)nc1. The number of piperazine rings is 1. The number of aromatic nitrogens is 1. The summed E-state index contributed by atoms with van der Waals surface area (Å²) in [6.45, 7) is 3.32. The highest BCUT2D eigenvalue weighted by Crippen LogP contribution is 2.34. The fraction of sp³-hybridized carbons (Fsp3) is 0.433. The lowest BCUT2D eigenvalue weighted by atomic mass is 10.0. The maximum atomic E-state index is 13.2. The lowest BCUT2D eigenvalue weighted by Gasteiger charge is -2.42. The molecule has 9 heteroatoms. The van der Waals surface area contributed by atoms with Crippen molar-refractivity contribution in [3.63, 3.8) is 0 Å². The van der Waals surface area contributed by atoms with Gasteiger partial charge in [0.15, 0.2) is 11.5 Å². The van der Waals surface area contributed by atoms with Gasteiger partial charge in [-0.1, -0.05) is 24.3 Å². The summed E-state index contributed by atoms with van der Waals surface area (Å²) in [5.74, 6) is 2.16. The van der Waals surface area contributed by atoms with Crippen molar-refractivity contribution in [1.29, 1.82) is 0 Å². The number of hydrogen-bond acceptors (Lipinski definition) is 8. The third kappa shape index (κ3) is 5.36.